The predicted molar refractivity (Wildman–Crippen MR) is 101 cm³/mol. The molecule has 1 aliphatic carbocycles. The van der Waals surface area contributed by atoms with Crippen molar-refractivity contribution in [1.82, 2.24) is 14.9 Å². The third-order valence-corrected chi connectivity index (χ3v) is 5.73. The van der Waals surface area contributed by atoms with E-state index in [9.17, 15) is 4.79 Å². The van der Waals surface area contributed by atoms with E-state index in [0.29, 0.717) is 18.4 Å². The Kier molecular flexibility index (Phi) is 5.02. The number of rotatable bonds is 5. The van der Waals surface area contributed by atoms with Gasteiger partial charge in [-0.3, -0.25) is 10.1 Å². The number of anilines is 1. The Morgan fingerprint density at radius 2 is 2.04 bits per heavy atom. The van der Waals surface area contributed by atoms with Crippen molar-refractivity contribution in [3.05, 3.63) is 24.3 Å². The molecule has 4 rings (SSSR count). The summed E-state index contributed by atoms with van der Waals surface area (Å²) < 4.78 is 2.28. The van der Waals surface area contributed by atoms with E-state index in [0.717, 1.165) is 36.5 Å². The van der Waals surface area contributed by atoms with Crippen LogP contribution >= 0.6 is 0 Å². The van der Waals surface area contributed by atoms with Crippen LogP contribution in [0.2, 0.25) is 0 Å². The third-order valence-electron chi connectivity index (χ3n) is 5.73. The van der Waals surface area contributed by atoms with Crippen LogP contribution in [-0.2, 0) is 4.79 Å². The molecule has 1 saturated carbocycles. The number of nitrogens with zero attached hydrogens (tertiary/aromatic N) is 2. The first-order chi connectivity index (χ1) is 12.3. The number of para-hydroxylation sites is 2. The first-order valence-corrected chi connectivity index (χ1v) is 9.79. The molecule has 0 spiro atoms. The van der Waals surface area contributed by atoms with E-state index in [1.54, 1.807) is 0 Å². The van der Waals surface area contributed by atoms with Gasteiger partial charge >= 0.3 is 0 Å². The first kappa shape index (κ1) is 16.6. The molecule has 1 aromatic heterocycles. The highest BCUT2D eigenvalue weighted by Crippen LogP contribution is 2.34. The van der Waals surface area contributed by atoms with E-state index >= 15 is 0 Å². The molecule has 1 aromatic carbocycles. The molecule has 2 N–H and O–H groups in total. The van der Waals surface area contributed by atoms with Crippen LogP contribution in [0.1, 0.15) is 57.4 Å². The Morgan fingerprint density at radius 3 is 2.84 bits per heavy atom. The van der Waals surface area contributed by atoms with E-state index in [-0.39, 0.29) is 5.91 Å². The number of carbonyl (C=O) groups excluding carboxylic acids is 1. The highest BCUT2D eigenvalue weighted by Gasteiger charge is 2.23. The fraction of sp³-hybridized carbons (Fsp3) is 0.600. The summed E-state index contributed by atoms with van der Waals surface area (Å²) in [6.45, 7) is 2.14. The molecule has 5 nitrogen and oxygen atoms in total. The van der Waals surface area contributed by atoms with Crippen molar-refractivity contribution in [2.45, 2.75) is 57.4 Å². The summed E-state index contributed by atoms with van der Waals surface area (Å²) in [6.07, 6.45) is 8.93. The van der Waals surface area contributed by atoms with E-state index in [4.69, 9.17) is 4.98 Å². The highest BCUT2D eigenvalue weighted by molar-refractivity contribution is 5.91. The Balaban J connectivity index is 1.52. The van der Waals surface area contributed by atoms with Crippen molar-refractivity contribution < 1.29 is 4.79 Å². The van der Waals surface area contributed by atoms with Gasteiger partial charge in [-0.15, -0.1) is 0 Å². The van der Waals surface area contributed by atoms with Gasteiger partial charge in [0, 0.05) is 12.5 Å². The smallest absolute Gasteiger partial charge is 0.226 e. The Morgan fingerprint density at radius 1 is 1.20 bits per heavy atom. The maximum atomic E-state index is 12.5. The predicted octanol–water partition coefficient (Wildman–Crippen LogP) is 3.87. The van der Waals surface area contributed by atoms with Crippen molar-refractivity contribution in [2.75, 3.05) is 18.4 Å². The van der Waals surface area contributed by atoms with Crippen LogP contribution in [0.15, 0.2) is 24.3 Å². The number of amides is 1. The second-order valence-electron chi connectivity index (χ2n) is 7.53. The average Bonchev–Trinajstić information content (AvgIpc) is 3.28. The molecule has 0 bridgehead atoms. The van der Waals surface area contributed by atoms with Gasteiger partial charge in [-0.2, -0.15) is 0 Å². The molecule has 1 saturated heterocycles. The number of hydrogen-bond acceptors (Lipinski definition) is 3. The van der Waals surface area contributed by atoms with Crippen molar-refractivity contribution >= 4 is 22.9 Å². The number of benzene rings is 1. The molecule has 2 fully saturated rings. The molecule has 1 unspecified atom stereocenters. The number of aromatic nitrogens is 2. The molecule has 5 heteroatoms. The molecular formula is C20H28N4O. The van der Waals surface area contributed by atoms with E-state index in [2.05, 4.69) is 27.3 Å². The monoisotopic (exact) mass is 340 g/mol. The zero-order chi connectivity index (χ0) is 17.1. The second-order valence-corrected chi connectivity index (χ2v) is 7.53. The summed E-state index contributed by atoms with van der Waals surface area (Å²) in [6, 6.07) is 8.68. The van der Waals surface area contributed by atoms with Crippen LogP contribution in [0, 0.1) is 5.92 Å². The van der Waals surface area contributed by atoms with Gasteiger partial charge in [0.2, 0.25) is 11.9 Å². The highest BCUT2D eigenvalue weighted by atomic mass is 16.1. The molecule has 0 radical (unpaired) electrons. The lowest BCUT2D eigenvalue weighted by atomic mass is 9.95. The van der Waals surface area contributed by atoms with Crippen LogP contribution < -0.4 is 10.6 Å². The summed E-state index contributed by atoms with van der Waals surface area (Å²) in [5.41, 5.74) is 2.12. The minimum atomic E-state index is 0.0965. The van der Waals surface area contributed by atoms with Gasteiger partial charge in [0.05, 0.1) is 11.0 Å². The van der Waals surface area contributed by atoms with Gasteiger partial charge < -0.3 is 9.88 Å². The van der Waals surface area contributed by atoms with E-state index < -0.39 is 0 Å². The number of imidazole rings is 1. The minimum absolute atomic E-state index is 0.0965. The Labute approximate surface area is 149 Å². The fourth-order valence-corrected chi connectivity index (χ4v) is 4.32. The van der Waals surface area contributed by atoms with Gasteiger partial charge in [-0.05, 0) is 56.8 Å². The van der Waals surface area contributed by atoms with Crippen molar-refractivity contribution in [3.8, 4) is 0 Å². The third kappa shape index (κ3) is 3.71. The van der Waals surface area contributed by atoms with Gasteiger partial charge in [0.1, 0.15) is 0 Å². The SMILES string of the molecule is O=C(CCC1CCNC1)Nc1nc2ccccc2n1C1CCCCC1. The molecule has 2 heterocycles. The quantitative estimate of drug-likeness (QED) is 0.869. The number of fused-ring (bicyclic) bond motifs is 1. The molecule has 1 amide bonds. The van der Waals surface area contributed by atoms with Gasteiger partial charge in [-0.1, -0.05) is 31.4 Å². The first-order valence-electron chi connectivity index (χ1n) is 9.79. The lowest BCUT2D eigenvalue weighted by molar-refractivity contribution is -0.116. The lowest BCUT2D eigenvalue weighted by Crippen LogP contribution is -2.20. The molecule has 1 aliphatic heterocycles. The molecule has 2 aromatic rings. The van der Waals surface area contributed by atoms with Crippen molar-refractivity contribution in [1.29, 1.82) is 0 Å². The van der Waals surface area contributed by atoms with Crippen molar-refractivity contribution in [2.24, 2.45) is 5.92 Å². The van der Waals surface area contributed by atoms with Gasteiger partial charge in [0.25, 0.3) is 0 Å². The fourth-order valence-electron chi connectivity index (χ4n) is 4.32. The summed E-state index contributed by atoms with van der Waals surface area (Å²) in [5.74, 6) is 1.48. The van der Waals surface area contributed by atoms with Crippen LogP contribution in [0.4, 0.5) is 5.95 Å². The lowest BCUT2D eigenvalue weighted by Gasteiger charge is -2.25. The molecule has 134 valence electrons. The largest absolute Gasteiger partial charge is 0.316 e. The number of carbonyl (C=O) groups is 1. The molecular weight excluding hydrogens is 312 g/mol. The maximum absolute atomic E-state index is 12.5. The zero-order valence-corrected chi connectivity index (χ0v) is 14.8. The van der Waals surface area contributed by atoms with E-state index in [1.807, 2.05) is 12.1 Å². The summed E-state index contributed by atoms with van der Waals surface area (Å²) in [4.78, 5) is 17.2. The molecule has 1 atom stereocenters. The average molecular weight is 340 g/mol. The Bertz CT molecular complexity index is 726. The van der Waals surface area contributed by atoms with Crippen LogP contribution in [0.25, 0.3) is 11.0 Å². The number of nitrogens with one attached hydrogen (secondary N) is 2. The summed E-state index contributed by atoms with van der Waals surface area (Å²) >= 11 is 0. The topological polar surface area (TPSA) is 59.0 Å². The van der Waals surface area contributed by atoms with Gasteiger partial charge in [-0.25, -0.2) is 4.98 Å². The van der Waals surface area contributed by atoms with Gasteiger partial charge in [0.15, 0.2) is 0 Å². The maximum Gasteiger partial charge on any atom is 0.226 e. The Hall–Kier alpha value is -1.88. The normalized spacial score (nSPS) is 21.7. The zero-order valence-electron chi connectivity index (χ0n) is 14.8. The molecule has 25 heavy (non-hydrogen) atoms. The minimum Gasteiger partial charge on any atom is -0.316 e. The van der Waals surface area contributed by atoms with Crippen LogP contribution in [0.3, 0.4) is 0 Å². The summed E-state index contributed by atoms with van der Waals surface area (Å²) in [5, 5.41) is 6.48. The van der Waals surface area contributed by atoms with Crippen LogP contribution in [0.5, 0.6) is 0 Å². The number of hydrogen-bond donors (Lipinski definition) is 2. The second kappa shape index (κ2) is 7.56. The summed E-state index contributed by atoms with van der Waals surface area (Å²) in [7, 11) is 0. The van der Waals surface area contributed by atoms with E-state index in [1.165, 1.54) is 38.5 Å². The van der Waals surface area contributed by atoms with Crippen molar-refractivity contribution in [3.63, 3.8) is 0 Å². The standard InChI is InChI=1S/C20H28N4O/c25-19(11-10-15-12-13-21-14-15)23-20-22-17-8-4-5-9-18(17)24(20)16-6-2-1-3-7-16/h4-5,8-9,15-16,21H,1-3,6-7,10-14H2,(H,22,23,25). The van der Waals surface area contributed by atoms with Crippen LogP contribution in [-0.4, -0.2) is 28.5 Å². The molecule has 2 aliphatic rings.